The third-order valence-electron chi connectivity index (χ3n) is 4.68. The monoisotopic (exact) mass is 424 g/mol. The number of nitrogens with one attached hydrogen (secondary N) is 1. The molecule has 6 nitrogen and oxygen atoms in total. The van der Waals surface area contributed by atoms with Crippen LogP contribution in [0.15, 0.2) is 53.7 Å². The Labute approximate surface area is 182 Å². The molecule has 0 aliphatic rings. The van der Waals surface area contributed by atoms with Crippen LogP contribution in [0.25, 0.3) is 0 Å². The molecule has 0 aliphatic carbocycles. The molecule has 7 heteroatoms. The fourth-order valence-electron chi connectivity index (χ4n) is 3.25. The van der Waals surface area contributed by atoms with Gasteiger partial charge in [0.25, 0.3) is 0 Å². The first kappa shape index (κ1) is 21.9. The molecule has 1 amide bonds. The van der Waals surface area contributed by atoms with Crippen LogP contribution in [0.2, 0.25) is 0 Å². The number of aromatic nitrogens is 3. The molecule has 30 heavy (non-hydrogen) atoms. The van der Waals surface area contributed by atoms with Crippen molar-refractivity contribution in [1.82, 2.24) is 20.1 Å². The van der Waals surface area contributed by atoms with Gasteiger partial charge in [-0.3, -0.25) is 4.79 Å². The highest BCUT2D eigenvalue weighted by Gasteiger charge is 2.15. The molecule has 2 aromatic carbocycles. The molecule has 0 fully saturated rings. The fourth-order valence-corrected chi connectivity index (χ4v) is 4.09. The van der Waals surface area contributed by atoms with Crippen molar-refractivity contribution in [2.24, 2.45) is 0 Å². The lowest BCUT2D eigenvalue weighted by molar-refractivity contribution is -0.119. The molecular formula is C23H28N4O2S. The molecule has 0 aliphatic heterocycles. The molecule has 1 heterocycles. The number of carbonyl (C=O) groups excluding carboxylic acids is 1. The largest absolute Gasteiger partial charge is 0.486 e. The van der Waals surface area contributed by atoms with E-state index in [1.54, 1.807) is 0 Å². The first-order chi connectivity index (χ1) is 14.5. The summed E-state index contributed by atoms with van der Waals surface area (Å²) in [6, 6.07) is 16.0. The van der Waals surface area contributed by atoms with Gasteiger partial charge in [-0.2, -0.15) is 0 Å². The maximum atomic E-state index is 12.4. The molecule has 0 saturated heterocycles. The van der Waals surface area contributed by atoms with E-state index in [1.165, 1.54) is 11.8 Å². The van der Waals surface area contributed by atoms with E-state index in [2.05, 4.69) is 21.6 Å². The van der Waals surface area contributed by atoms with Crippen LogP contribution in [0.5, 0.6) is 5.75 Å². The Balaban J connectivity index is 1.56. The number of thioether (sulfide) groups is 1. The Bertz CT molecular complexity index is 968. The number of benzene rings is 2. The van der Waals surface area contributed by atoms with Crippen molar-refractivity contribution in [1.29, 1.82) is 0 Å². The summed E-state index contributed by atoms with van der Waals surface area (Å²) in [6.45, 7) is 9.16. The van der Waals surface area contributed by atoms with Crippen molar-refractivity contribution in [2.45, 2.75) is 52.0 Å². The third kappa shape index (κ3) is 5.86. The minimum Gasteiger partial charge on any atom is -0.486 e. The zero-order chi connectivity index (χ0) is 21.5. The van der Waals surface area contributed by atoms with Crippen LogP contribution in [0.1, 0.15) is 42.4 Å². The Morgan fingerprint density at radius 2 is 1.83 bits per heavy atom. The summed E-state index contributed by atoms with van der Waals surface area (Å²) < 4.78 is 7.91. The Hall–Kier alpha value is -2.80. The van der Waals surface area contributed by atoms with Crippen molar-refractivity contribution in [2.75, 3.05) is 5.75 Å². The molecule has 0 saturated carbocycles. The molecule has 0 spiro atoms. The van der Waals surface area contributed by atoms with Gasteiger partial charge in [0.1, 0.15) is 12.4 Å². The van der Waals surface area contributed by atoms with Crippen LogP contribution in [0.3, 0.4) is 0 Å². The number of hydrogen-bond acceptors (Lipinski definition) is 5. The number of rotatable bonds is 9. The Morgan fingerprint density at radius 1 is 1.13 bits per heavy atom. The average molecular weight is 425 g/mol. The van der Waals surface area contributed by atoms with E-state index in [-0.39, 0.29) is 17.7 Å². The summed E-state index contributed by atoms with van der Waals surface area (Å²) in [6.07, 6.45) is 0. The number of nitrogens with zero attached hydrogens (tertiary/aromatic N) is 3. The van der Waals surface area contributed by atoms with E-state index in [9.17, 15) is 4.79 Å². The molecule has 1 unspecified atom stereocenters. The quantitative estimate of drug-likeness (QED) is 0.514. The van der Waals surface area contributed by atoms with Crippen LogP contribution >= 0.6 is 11.8 Å². The van der Waals surface area contributed by atoms with Gasteiger partial charge in [-0.05, 0) is 56.5 Å². The number of carbonyl (C=O) groups is 1. The summed E-state index contributed by atoms with van der Waals surface area (Å²) in [7, 11) is 0. The highest BCUT2D eigenvalue weighted by molar-refractivity contribution is 7.99. The molecule has 158 valence electrons. The summed E-state index contributed by atoms with van der Waals surface area (Å²) in [5.41, 5.74) is 3.40. The van der Waals surface area contributed by atoms with E-state index >= 15 is 0 Å². The zero-order valence-corrected chi connectivity index (χ0v) is 18.7. The van der Waals surface area contributed by atoms with Gasteiger partial charge in [0.05, 0.1) is 11.8 Å². The Morgan fingerprint density at radius 3 is 2.50 bits per heavy atom. The standard InChI is InChI=1S/C23H28N4O2S/c1-5-27-21(14-29-20-12-16(2)11-17(3)13-20)25-26-23(27)30-15-22(28)24-18(4)19-9-7-6-8-10-19/h6-13,18H,5,14-15H2,1-4H3,(H,24,28). The number of amides is 1. The van der Waals surface area contributed by atoms with Gasteiger partial charge < -0.3 is 14.6 Å². The van der Waals surface area contributed by atoms with Crippen LogP contribution in [-0.4, -0.2) is 26.4 Å². The van der Waals surface area contributed by atoms with Gasteiger partial charge in [-0.25, -0.2) is 0 Å². The maximum Gasteiger partial charge on any atom is 0.230 e. The minimum absolute atomic E-state index is 0.0324. The Kier molecular flexibility index (Phi) is 7.52. The third-order valence-corrected chi connectivity index (χ3v) is 5.65. The second-order valence-electron chi connectivity index (χ2n) is 7.24. The first-order valence-electron chi connectivity index (χ1n) is 10.1. The predicted octanol–water partition coefficient (Wildman–Crippen LogP) is 4.46. The van der Waals surface area contributed by atoms with E-state index in [0.29, 0.717) is 13.2 Å². The molecule has 1 aromatic heterocycles. The minimum atomic E-state index is -0.0370. The fraction of sp³-hybridized carbons (Fsp3) is 0.348. The smallest absolute Gasteiger partial charge is 0.230 e. The van der Waals surface area contributed by atoms with Crippen LogP contribution in [0, 0.1) is 13.8 Å². The number of hydrogen-bond donors (Lipinski definition) is 1. The van der Waals surface area contributed by atoms with Gasteiger partial charge in [0, 0.05) is 6.54 Å². The second-order valence-corrected chi connectivity index (χ2v) is 8.19. The molecule has 3 aromatic rings. The lowest BCUT2D eigenvalue weighted by Crippen LogP contribution is -2.28. The lowest BCUT2D eigenvalue weighted by atomic mass is 10.1. The highest BCUT2D eigenvalue weighted by atomic mass is 32.2. The van der Waals surface area contributed by atoms with E-state index in [0.717, 1.165) is 33.4 Å². The van der Waals surface area contributed by atoms with Crippen molar-refractivity contribution in [3.8, 4) is 5.75 Å². The van der Waals surface area contributed by atoms with Crippen molar-refractivity contribution in [3.05, 3.63) is 71.0 Å². The van der Waals surface area contributed by atoms with Crippen molar-refractivity contribution in [3.63, 3.8) is 0 Å². The summed E-state index contributed by atoms with van der Waals surface area (Å²) in [4.78, 5) is 12.4. The van der Waals surface area contributed by atoms with Crippen LogP contribution in [0.4, 0.5) is 0 Å². The normalized spacial score (nSPS) is 11.9. The number of aryl methyl sites for hydroxylation is 2. The topological polar surface area (TPSA) is 69.0 Å². The van der Waals surface area contributed by atoms with Gasteiger partial charge in [0.2, 0.25) is 5.91 Å². The maximum absolute atomic E-state index is 12.4. The molecule has 3 rings (SSSR count). The molecule has 0 bridgehead atoms. The summed E-state index contributed by atoms with van der Waals surface area (Å²) >= 11 is 1.39. The van der Waals surface area contributed by atoms with Crippen LogP contribution in [-0.2, 0) is 17.9 Å². The highest BCUT2D eigenvalue weighted by Crippen LogP contribution is 2.21. The number of ether oxygens (including phenoxy) is 1. The van der Waals surface area contributed by atoms with Gasteiger partial charge >= 0.3 is 0 Å². The molecule has 1 N–H and O–H groups in total. The van der Waals surface area contributed by atoms with Gasteiger partial charge in [-0.1, -0.05) is 48.2 Å². The predicted molar refractivity (Wildman–Crippen MR) is 120 cm³/mol. The summed E-state index contributed by atoms with van der Waals surface area (Å²) in [5, 5.41) is 12.3. The lowest BCUT2D eigenvalue weighted by Gasteiger charge is -2.14. The van der Waals surface area contributed by atoms with E-state index < -0.39 is 0 Å². The SMILES string of the molecule is CCn1c(COc2cc(C)cc(C)c2)nnc1SCC(=O)NC(C)c1ccccc1. The molecular weight excluding hydrogens is 396 g/mol. The van der Waals surface area contributed by atoms with Gasteiger partial charge in [0.15, 0.2) is 11.0 Å². The van der Waals surface area contributed by atoms with E-state index in [4.69, 9.17) is 4.74 Å². The van der Waals surface area contributed by atoms with Crippen molar-refractivity contribution < 1.29 is 9.53 Å². The molecule has 1 atom stereocenters. The molecule has 0 radical (unpaired) electrons. The van der Waals surface area contributed by atoms with Crippen LogP contribution < -0.4 is 10.1 Å². The second kappa shape index (κ2) is 10.3. The van der Waals surface area contributed by atoms with Gasteiger partial charge in [-0.15, -0.1) is 10.2 Å². The zero-order valence-electron chi connectivity index (χ0n) is 17.9. The summed E-state index contributed by atoms with van der Waals surface area (Å²) in [5.74, 6) is 1.82. The van der Waals surface area contributed by atoms with Crippen molar-refractivity contribution >= 4 is 17.7 Å². The van der Waals surface area contributed by atoms with E-state index in [1.807, 2.05) is 74.7 Å². The average Bonchev–Trinajstić information content (AvgIpc) is 3.12. The first-order valence-corrected chi connectivity index (χ1v) is 11.0.